The first kappa shape index (κ1) is 16.9. The van der Waals surface area contributed by atoms with Crippen molar-refractivity contribution in [2.45, 2.75) is 6.42 Å². The number of hydrogen-bond donors (Lipinski definition) is 3. The van der Waals surface area contributed by atoms with E-state index in [2.05, 4.69) is 15.6 Å². The lowest BCUT2D eigenvalue weighted by atomic mass is 10.2. The number of thiazole rings is 1. The first-order valence-electron chi connectivity index (χ1n) is 7.66. The summed E-state index contributed by atoms with van der Waals surface area (Å²) in [6, 6.07) is 6.67. The lowest BCUT2D eigenvalue weighted by Gasteiger charge is -2.14. The van der Waals surface area contributed by atoms with Crippen molar-refractivity contribution in [1.82, 2.24) is 15.6 Å². The molecule has 0 aliphatic carbocycles. The van der Waals surface area contributed by atoms with Gasteiger partial charge in [0.25, 0.3) is 5.91 Å². The Kier molecular flexibility index (Phi) is 4.94. The third-order valence-electron chi connectivity index (χ3n) is 3.69. The standard InChI is InChI=1S/C16H16N4O4S/c21-14(17-6-5-13-19-12(9-25-13)15(22)23)10-1-3-11(4-2-10)20-8-7-18-16(20)24/h1-4,9H,5-8H2,(H,17,21)(H,18,24)(H,22,23). The largest absolute Gasteiger partial charge is 0.476 e. The van der Waals surface area contributed by atoms with Crippen LogP contribution in [-0.2, 0) is 6.42 Å². The third kappa shape index (κ3) is 3.94. The van der Waals surface area contributed by atoms with Crippen LogP contribution in [-0.4, -0.2) is 47.6 Å². The number of hydrogen-bond acceptors (Lipinski definition) is 5. The number of carboxylic acids is 1. The fraction of sp³-hybridized carbons (Fsp3) is 0.250. The van der Waals surface area contributed by atoms with Gasteiger partial charge in [0.1, 0.15) is 0 Å². The van der Waals surface area contributed by atoms with Gasteiger partial charge in [0.05, 0.1) is 5.01 Å². The molecular formula is C16H16N4O4S. The van der Waals surface area contributed by atoms with Gasteiger partial charge >= 0.3 is 12.0 Å². The molecule has 1 aromatic carbocycles. The van der Waals surface area contributed by atoms with Crippen LogP contribution in [0.15, 0.2) is 29.6 Å². The van der Waals surface area contributed by atoms with E-state index in [1.807, 2.05) is 0 Å². The Morgan fingerprint density at radius 3 is 2.68 bits per heavy atom. The summed E-state index contributed by atoms with van der Waals surface area (Å²) in [6.07, 6.45) is 0.468. The molecule has 0 atom stereocenters. The summed E-state index contributed by atoms with van der Waals surface area (Å²) in [5.74, 6) is -1.29. The summed E-state index contributed by atoms with van der Waals surface area (Å²) in [7, 11) is 0. The smallest absolute Gasteiger partial charge is 0.355 e. The van der Waals surface area contributed by atoms with Crippen LogP contribution in [0.25, 0.3) is 0 Å². The molecule has 0 radical (unpaired) electrons. The van der Waals surface area contributed by atoms with Crippen molar-refractivity contribution in [2.24, 2.45) is 0 Å². The van der Waals surface area contributed by atoms with Crippen molar-refractivity contribution in [2.75, 3.05) is 24.5 Å². The van der Waals surface area contributed by atoms with E-state index in [0.717, 1.165) is 5.69 Å². The molecule has 2 heterocycles. The predicted molar refractivity (Wildman–Crippen MR) is 92.3 cm³/mol. The maximum atomic E-state index is 12.1. The number of nitrogens with zero attached hydrogens (tertiary/aromatic N) is 2. The van der Waals surface area contributed by atoms with Crippen molar-refractivity contribution in [3.8, 4) is 0 Å². The zero-order valence-corrected chi connectivity index (χ0v) is 14.0. The molecule has 1 saturated heterocycles. The molecule has 0 spiro atoms. The number of carboxylic acid groups (broad SMARTS) is 1. The van der Waals surface area contributed by atoms with Gasteiger partial charge in [-0.05, 0) is 24.3 Å². The van der Waals surface area contributed by atoms with Gasteiger partial charge in [-0.1, -0.05) is 0 Å². The summed E-state index contributed by atoms with van der Waals surface area (Å²) in [4.78, 5) is 40.1. The minimum absolute atomic E-state index is 0.0212. The van der Waals surface area contributed by atoms with Crippen LogP contribution in [0, 0.1) is 0 Å². The number of carbonyl (C=O) groups excluding carboxylic acids is 2. The molecule has 1 aliphatic rings. The highest BCUT2D eigenvalue weighted by Crippen LogP contribution is 2.17. The second-order valence-corrected chi connectivity index (χ2v) is 6.31. The Morgan fingerprint density at radius 1 is 1.32 bits per heavy atom. The van der Waals surface area contributed by atoms with Gasteiger partial charge in [-0.15, -0.1) is 11.3 Å². The Morgan fingerprint density at radius 2 is 2.08 bits per heavy atom. The van der Waals surface area contributed by atoms with Crippen LogP contribution in [0.4, 0.5) is 10.5 Å². The molecule has 8 nitrogen and oxygen atoms in total. The zero-order chi connectivity index (χ0) is 17.8. The molecule has 3 amide bonds. The van der Waals surface area contributed by atoms with Gasteiger partial charge in [0.2, 0.25) is 0 Å². The predicted octanol–water partition coefficient (Wildman–Crippen LogP) is 1.34. The van der Waals surface area contributed by atoms with E-state index >= 15 is 0 Å². The lowest BCUT2D eigenvalue weighted by molar-refractivity contribution is 0.0690. The van der Waals surface area contributed by atoms with Crippen molar-refractivity contribution in [3.05, 3.63) is 45.9 Å². The minimum Gasteiger partial charge on any atom is -0.476 e. The number of benzene rings is 1. The van der Waals surface area contributed by atoms with Gasteiger partial charge < -0.3 is 15.7 Å². The molecule has 0 unspecified atom stereocenters. The molecule has 1 fully saturated rings. The topological polar surface area (TPSA) is 112 Å². The highest BCUT2D eigenvalue weighted by Gasteiger charge is 2.21. The number of aromatic carboxylic acids is 1. The van der Waals surface area contributed by atoms with E-state index in [4.69, 9.17) is 5.11 Å². The molecule has 0 bridgehead atoms. The fourth-order valence-corrected chi connectivity index (χ4v) is 3.19. The van der Waals surface area contributed by atoms with Crippen molar-refractivity contribution in [1.29, 1.82) is 0 Å². The first-order valence-corrected chi connectivity index (χ1v) is 8.54. The monoisotopic (exact) mass is 360 g/mol. The zero-order valence-electron chi connectivity index (χ0n) is 13.2. The van der Waals surface area contributed by atoms with E-state index < -0.39 is 5.97 Å². The van der Waals surface area contributed by atoms with Crippen LogP contribution in [0.3, 0.4) is 0 Å². The molecule has 0 saturated carbocycles. The van der Waals surface area contributed by atoms with Crippen molar-refractivity contribution >= 4 is 34.9 Å². The molecule has 130 valence electrons. The van der Waals surface area contributed by atoms with Gasteiger partial charge in [-0.25, -0.2) is 14.6 Å². The van der Waals surface area contributed by atoms with Crippen LogP contribution >= 0.6 is 11.3 Å². The molecule has 3 rings (SSSR count). The number of nitrogens with one attached hydrogen (secondary N) is 2. The van der Waals surface area contributed by atoms with Crippen LogP contribution in [0.2, 0.25) is 0 Å². The molecule has 1 aliphatic heterocycles. The van der Waals surface area contributed by atoms with Crippen LogP contribution < -0.4 is 15.5 Å². The highest BCUT2D eigenvalue weighted by molar-refractivity contribution is 7.09. The maximum absolute atomic E-state index is 12.1. The number of aromatic nitrogens is 1. The lowest BCUT2D eigenvalue weighted by Crippen LogP contribution is -2.28. The number of rotatable bonds is 6. The molecule has 1 aromatic heterocycles. The Hall–Kier alpha value is -2.94. The number of anilines is 1. The Labute approximate surface area is 147 Å². The summed E-state index contributed by atoms with van der Waals surface area (Å²) < 4.78 is 0. The second-order valence-electron chi connectivity index (χ2n) is 5.37. The Balaban J connectivity index is 1.52. The highest BCUT2D eigenvalue weighted by atomic mass is 32.1. The third-order valence-corrected chi connectivity index (χ3v) is 4.60. The summed E-state index contributed by atoms with van der Waals surface area (Å²) in [5.41, 5.74) is 1.26. The van der Waals surface area contributed by atoms with Crippen LogP contribution in [0.5, 0.6) is 0 Å². The van der Waals surface area contributed by atoms with E-state index in [9.17, 15) is 14.4 Å². The van der Waals surface area contributed by atoms with Crippen LogP contribution in [0.1, 0.15) is 25.9 Å². The average Bonchev–Trinajstić information content (AvgIpc) is 3.24. The minimum atomic E-state index is -1.06. The van der Waals surface area contributed by atoms with E-state index in [1.54, 1.807) is 29.2 Å². The molecule has 2 aromatic rings. The number of carbonyl (C=O) groups is 3. The molecular weight excluding hydrogens is 344 g/mol. The summed E-state index contributed by atoms with van der Waals surface area (Å²) in [5, 5.41) is 16.5. The average molecular weight is 360 g/mol. The van der Waals surface area contributed by atoms with E-state index in [-0.39, 0.29) is 17.6 Å². The van der Waals surface area contributed by atoms with Crippen molar-refractivity contribution in [3.63, 3.8) is 0 Å². The molecule has 9 heteroatoms. The molecule has 3 N–H and O–H groups in total. The van der Waals surface area contributed by atoms with Gasteiger partial charge in [-0.2, -0.15) is 0 Å². The summed E-state index contributed by atoms with van der Waals surface area (Å²) >= 11 is 1.25. The number of amides is 3. The van der Waals surface area contributed by atoms with Gasteiger partial charge in [-0.3, -0.25) is 9.69 Å². The summed E-state index contributed by atoms with van der Waals surface area (Å²) in [6.45, 7) is 1.58. The fourth-order valence-electron chi connectivity index (χ4n) is 2.42. The van der Waals surface area contributed by atoms with Gasteiger partial charge in [0.15, 0.2) is 5.69 Å². The van der Waals surface area contributed by atoms with Crippen molar-refractivity contribution < 1.29 is 19.5 Å². The number of urea groups is 1. The second kappa shape index (κ2) is 7.31. The normalized spacial score (nSPS) is 13.6. The van der Waals surface area contributed by atoms with Gasteiger partial charge in [0, 0.05) is 42.7 Å². The van der Waals surface area contributed by atoms with E-state index in [1.165, 1.54) is 16.7 Å². The maximum Gasteiger partial charge on any atom is 0.355 e. The van der Waals surface area contributed by atoms with E-state index in [0.29, 0.717) is 36.6 Å². The SMILES string of the molecule is O=C(NCCc1nc(C(=O)O)cs1)c1ccc(N2CCNC2=O)cc1. The molecule has 25 heavy (non-hydrogen) atoms. The Bertz CT molecular complexity index is 803. The first-order chi connectivity index (χ1) is 12.0. The quantitative estimate of drug-likeness (QED) is 0.720.